The van der Waals surface area contributed by atoms with E-state index in [-0.39, 0.29) is 23.2 Å². The molecule has 1 aromatic rings. The molecule has 21 heavy (non-hydrogen) atoms. The Morgan fingerprint density at radius 1 is 1.62 bits per heavy atom. The van der Waals surface area contributed by atoms with Gasteiger partial charge in [0.15, 0.2) is 0 Å². The predicted molar refractivity (Wildman–Crippen MR) is 83.6 cm³/mol. The van der Waals surface area contributed by atoms with Gasteiger partial charge in [-0.05, 0) is 18.6 Å². The fraction of sp³-hybridized carbons (Fsp3) is 0.462. The molecule has 0 amide bonds. The molecule has 0 radical (unpaired) electrons. The van der Waals surface area contributed by atoms with E-state index in [1.165, 1.54) is 6.07 Å². The first-order chi connectivity index (χ1) is 9.90. The van der Waals surface area contributed by atoms with Gasteiger partial charge in [0.1, 0.15) is 5.02 Å². The summed E-state index contributed by atoms with van der Waals surface area (Å²) in [4.78, 5) is 23.4. The van der Waals surface area contributed by atoms with E-state index >= 15 is 0 Å². The SMILES string of the molecule is Cc1cc([N+](=O)[O-])c(Cl)cc1N1CCSCC1CC(=O)O. The van der Waals surface area contributed by atoms with Gasteiger partial charge in [0.25, 0.3) is 5.69 Å². The molecule has 114 valence electrons. The third kappa shape index (κ3) is 3.59. The largest absolute Gasteiger partial charge is 0.481 e. The number of carboxylic acid groups (broad SMARTS) is 1. The molecule has 1 fully saturated rings. The molecule has 1 N–H and O–H groups in total. The van der Waals surface area contributed by atoms with Crippen LogP contribution in [0.4, 0.5) is 11.4 Å². The Morgan fingerprint density at radius 2 is 2.33 bits per heavy atom. The third-order valence-corrected chi connectivity index (χ3v) is 4.80. The van der Waals surface area contributed by atoms with Crippen molar-refractivity contribution in [2.45, 2.75) is 19.4 Å². The number of nitro groups is 1. The lowest BCUT2D eigenvalue weighted by atomic mass is 10.1. The highest BCUT2D eigenvalue weighted by Gasteiger charge is 2.27. The molecule has 0 aromatic heterocycles. The van der Waals surface area contributed by atoms with Crippen LogP contribution in [0.3, 0.4) is 0 Å². The Morgan fingerprint density at radius 3 is 2.95 bits per heavy atom. The average molecular weight is 331 g/mol. The van der Waals surface area contributed by atoms with Crippen molar-refractivity contribution in [1.29, 1.82) is 0 Å². The molecule has 2 rings (SSSR count). The summed E-state index contributed by atoms with van der Waals surface area (Å²) >= 11 is 7.69. The standard InChI is InChI=1S/C13H15ClN2O4S/c1-8-4-12(16(19)20)10(14)6-11(8)15-2-3-21-7-9(15)5-13(17)18/h4,6,9H,2-3,5,7H2,1H3,(H,17,18). The molecular formula is C13H15ClN2O4S. The van der Waals surface area contributed by atoms with E-state index < -0.39 is 10.9 Å². The number of halogens is 1. The van der Waals surface area contributed by atoms with Crippen LogP contribution in [0.5, 0.6) is 0 Å². The molecule has 1 heterocycles. The monoisotopic (exact) mass is 330 g/mol. The van der Waals surface area contributed by atoms with Gasteiger partial charge in [0.2, 0.25) is 0 Å². The van der Waals surface area contributed by atoms with Gasteiger partial charge in [-0.15, -0.1) is 0 Å². The second kappa shape index (κ2) is 6.53. The van der Waals surface area contributed by atoms with Gasteiger partial charge in [-0.2, -0.15) is 11.8 Å². The van der Waals surface area contributed by atoms with Gasteiger partial charge in [0.05, 0.1) is 11.3 Å². The number of aliphatic carboxylic acids is 1. The number of hydrogen-bond donors (Lipinski definition) is 1. The Kier molecular flexibility index (Phi) is 4.95. The van der Waals surface area contributed by atoms with Crippen molar-refractivity contribution in [3.05, 3.63) is 32.8 Å². The van der Waals surface area contributed by atoms with E-state index in [9.17, 15) is 14.9 Å². The maximum atomic E-state index is 11.0. The van der Waals surface area contributed by atoms with Crippen LogP contribution in [-0.2, 0) is 4.79 Å². The highest BCUT2D eigenvalue weighted by atomic mass is 35.5. The lowest BCUT2D eigenvalue weighted by Crippen LogP contribution is -2.44. The van der Waals surface area contributed by atoms with Crippen LogP contribution in [0.25, 0.3) is 0 Å². The summed E-state index contributed by atoms with van der Waals surface area (Å²) in [7, 11) is 0. The fourth-order valence-electron chi connectivity index (χ4n) is 2.45. The zero-order chi connectivity index (χ0) is 15.6. The highest BCUT2D eigenvalue weighted by Crippen LogP contribution is 2.35. The maximum Gasteiger partial charge on any atom is 0.305 e. The second-order valence-corrected chi connectivity index (χ2v) is 6.42. The number of thioether (sulfide) groups is 1. The normalized spacial score (nSPS) is 18.6. The smallest absolute Gasteiger partial charge is 0.305 e. The van der Waals surface area contributed by atoms with Crippen LogP contribution in [0.2, 0.25) is 5.02 Å². The van der Waals surface area contributed by atoms with Crippen molar-refractivity contribution >= 4 is 40.7 Å². The van der Waals surface area contributed by atoms with E-state index in [1.807, 2.05) is 4.90 Å². The first kappa shape index (κ1) is 15.9. The summed E-state index contributed by atoms with van der Waals surface area (Å²) in [5.41, 5.74) is 1.38. The first-order valence-electron chi connectivity index (χ1n) is 6.41. The first-order valence-corrected chi connectivity index (χ1v) is 7.94. The Hall–Kier alpha value is -1.47. The van der Waals surface area contributed by atoms with Gasteiger partial charge in [0, 0.05) is 35.8 Å². The van der Waals surface area contributed by atoms with Crippen LogP contribution < -0.4 is 4.90 Å². The van der Waals surface area contributed by atoms with Gasteiger partial charge in [-0.3, -0.25) is 14.9 Å². The highest BCUT2D eigenvalue weighted by molar-refractivity contribution is 7.99. The number of nitrogens with zero attached hydrogens (tertiary/aromatic N) is 2. The van der Waals surface area contributed by atoms with Crippen molar-refractivity contribution in [2.75, 3.05) is 23.0 Å². The topological polar surface area (TPSA) is 83.7 Å². The average Bonchev–Trinajstić information content (AvgIpc) is 2.41. The van der Waals surface area contributed by atoms with Crippen LogP contribution >= 0.6 is 23.4 Å². The number of rotatable bonds is 4. The van der Waals surface area contributed by atoms with E-state index in [0.717, 1.165) is 22.8 Å². The minimum atomic E-state index is -0.849. The maximum absolute atomic E-state index is 11.0. The molecule has 6 nitrogen and oxygen atoms in total. The van der Waals surface area contributed by atoms with E-state index in [4.69, 9.17) is 16.7 Å². The number of aryl methyl sites for hydroxylation is 1. The Balaban J connectivity index is 2.36. The summed E-state index contributed by atoms with van der Waals surface area (Å²) in [6, 6.07) is 2.88. The predicted octanol–water partition coefficient (Wildman–Crippen LogP) is 2.95. The summed E-state index contributed by atoms with van der Waals surface area (Å²) in [6.07, 6.45) is 0.0427. The van der Waals surface area contributed by atoms with Crippen LogP contribution in [-0.4, -0.2) is 40.1 Å². The fourth-order valence-corrected chi connectivity index (χ4v) is 3.74. The van der Waals surface area contributed by atoms with Crippen molar-refractivity contribution in [2.24, 2.45) is 0 Å². The number of carbonyl (C=O) groups is 1. The number of carboxylic acids is 1. The van der Waals surface area contributed by atoms with Gasteiger partial charge < -0.3 is 10.0 Å². The lowest BCUT2D eigenvalue weighted by molar-refractivity contribution is -0.384. The lowest BCUT2D eigenvalue weighted by Gasteiger charge is -2.37. The molecule has 0 aliphatic carbocycles. The summed E-state index contributed by atoms with van der Waals surface area (Å²) in [6.45, 7) is 2.48. The van der Waals surface area contributed by atoms with Crippen LogP contribution in [0, 0.1) is 17.0 Å². The zero-order valence-electron chi connectivity index (χ0n) is 11.4. The summed E-state index contributed by atoms with van der Waals surface area (Å²) in [5.74, 6) is 0.767. The molecule has 0 bridgehead atoms. The van der Waals surface area contributed by atoms with Gasteiger partial charge in [-0.1, -0.05) is 11.6 Å². The number of anilines is 1. The Labute approximate surface area is 131 Å². The second-order valence-electron chi connectivity index (χ2n) is 4.87. The van der Waals surface area contributed by atoms with Gasteiger partial charge >= 0.3 is 5.97 Å². The molecule has 1 unspecified atom stereocenters. The summed E-state index contributed by atoms with van der Waals surface area (Å²) < 4.78 is 0. The number of benzene rings is 1. The number of nitro benzene ring substituents is 1. The van der Waals surface area contributed by atoms with Crippen LogP contribution in [0.15, 0.2) is 12.1 Å². The quantitative estimate of drug-likeness (QED) is 0.675. The summed E-state index contributed by atoms with van der Waals surface area (Å²) in [5, 5.41) is 20.0. The minimum Gasteiger partial charge on any atom is -0.481 e. The molecule has 1 atom stereocenters. The molecular weight excluding hydrogens is 316 g/mol. The van der Waals surface area contributed by atoms with Gasteiger partial charge in [-0.25, -0.2) is 0 Å². The van der Waals surface area contributed by atoms with Crippen LogP contribution in [0.1, 0.15) is 12.0 Å². The molecule has 1 saturated heterocycles. The van der Waals surface area contributed by atoms with Crippen molar-refractivity contribution in [3.8, 4) is 0 Å². The molecule has 1 aliphatic rings. The van der Waals surface area contributed by atoms with Crippen molar-refractivity contribution < 1.29 is 14.8 Å². The van der Waals surface area contributed by atoms with Crippen molar-refractivity contribution in [3.63, 3.8) is 0 Å². The Bertz CT molecular complexity index is 582. The zero-order valence-corrected chi connectivity index (χ0v) is 13.0. The number of hydrogen-bond acceptors (Lipinski definition) is 5. The molecule has 1 aromatic carbocycles. The van der Waals surface area contributed by atoms with E-state index in [1.54, 1.807) is 24.8 Å². The molecule has 0 saturated carbocycles. The minimum absolute atomic E-state index is 0.0427. The molecule has 8 heteroatoms. The molecule has 0 spiro atoms. The van der Waals surface area contributed by atoms with E-state index in [2.05, 4.69) is 0 Å². The molecule has 1 aliphatic heterocycles. The van der Waals surface area contributed by atoms with E-state index in [0.29, 0.717) is 6.54 Å². The van der Waals surface area contributed by atoms with Crippen molar-refractivity contribution in [1.82, 2.24) is 0 Å². The third-order valence-electron chi connectivity index (χ3n) is 3.41.